The third kappa shape index (κ3) is 4.20. The van der Waals surface area contributed by atoms with E-state index in [0.29, 0.717) is 29.8 Å². The van der Waals surface area contributed by atoms with Crippen molar-refractivity contribution in [3.8, 4) is 0 Å². The highest BCUT2D eigenvalue weighted by Gasteiger charge is 2.20. The molecule has 2 aromatic heterocycles. The molecular formula is C17H19ClN4O3S. The maximum absolute atomic E-state index is 12.4. The lowest BCUT2D eigenvalue weighted by molar-refractivity contribution is -0.115. The minimum absolute atomic E-state index is 0.186. The quantitative estimate of drug-likeness (QED) is 0.614. The Morgan fingerprint density at radius 2 is 2.27 bits per heavy atom. The van der Waals surface area contributed by atoms with Gasteiger partial charge in [0.25, 0.3) is 0 Å². The molecule has 1 N–H and O–H groups in total. The SMILES string of the molecule is COCCn1c(SC(C)C(=O)Nc2cc(C)no2)nc2cc(Cl)ccc21. The number of aromatic nitrogens is 3. The van der Waals surface area contributed by atoms with Crippen molar-refractivity contribution >= 4 is 46.2 Å². The summed E-state index contributed by atoms with van der Waals surface area (Å²) in [6.07, 6.45) is 0. The first-order valence-corrected chi connectivity index (χ1v) is 9.29. The van der Waals surface area contributed by atoms with E-state index in [1.807, 2.05) is 29.7 Å². The summed E-state index contributed by atoms with van der Waals surface area (Å²) in [6, 6.07) is 7.23. The average Bonchev–Trinajstić information content (AvgIpc) is 3.15. The van der Waals surface area contributed by atoms with Crippen molar-refractivity contribution in [1.82, 2.24) is 14.7 Å². The Morgan fingerprint density at radius 1 is 1.46 bits per heavy atom. The minimum atomic E-state index is -0.381. The van der Waals surface area contributed by atoms with Crippen LogP contribution in [0.3, 0.4) is 0 Å². The smallest absolute Gasteiger partial charge is 0.240 e. The Balaban J connectivity index is 1.80. The van der Waals surface area contributed by atoms with E-state index in [0.717, 1.165) is 16.2 Å². The molecule has 0 spiro atoms. The molecule has 26 heavy (non-hydrogen) atoms. The lowest BCUT2D eigenvalue weighted by Crippen LogP contribution is -2.22. The summed E-state index contributed by atoms with van der Waals surface area (Å²) < 4.78 is 12.3. The number of carbonyl (C=O) groups is 1. The van der Waals surface area contributed by atoms with E-state index in [1.54, 1.807) is 20.1 Å². The van der Waals surface area contributed by atoms with Gasteiger partial charge in [-0.15, -0.1) is 0 Å². The van der Waals surface area contributed by atoms with Crippen molar-refractivity contribution in [2.24, 2.45) is 0 Å². The Morgan fingerprint density at radius 3 is 2.96 bits per heavy atom. The number of nitrogens with zero attached hydrogens (tertiary/aromatic N) is 3. The van der Waals surface area contributed by atoms with Gasteiger partial charge < -0.3 is 13.8 Å². The lowest BCUT2D eigenvalue weighted by atomic mass is 10.3. The monoisotopic (exact) mass is 394 g/mol. The predicted octanol–water partition coefficient (Wildman–Crippen LogP) is 3.75. The standard InChI is InChI=1S/C17H19ClN4O3S/c1-10-8-15(25-21-10)20-16(23)11(2)26-17-19-13-9-12(18)4-5-14(13)22(17)6-7-24-3/h4-5,8-9,11H,6-7H2,1-3H3,(H,20,23). The van der Waals surface area contributed by atoms with Crippen LogP contribution in [-0.4, -0.2) is 39.6 Å². The van der Waals surface area contributed by atoms with E-state index in [9.17, 15) is 4.79 Å². The third-order valence-electron chi connectivity index (χ3n) is 3.72. The Bertz CT molecular complexity index is 924. The fourth-order valence-corrected chi connectivity index (χ4v) is 3.54. The molecular weight excluding hydrogens is 376 g/mol. The number of carbonyl (C=O) groups excluding carboxylic acids is 1. The Hall–Kier alpha value is -2.03. The molecule has 3 rings (SSSR count). The summed E-state index contributed by atoms with van der Waals surface area (Å²) >= 11 is 7.44. The number of ether oxygens (including phenoxy) is 1. The van der Waals surface area contributed by atoms with Gasteiger partial charge in [-0.3, -0.25) is 10.1 Å². The fourth-order valence-electron chi connectivity index (χ4n) is 2.43. The molecule has 0 saturated carbocycles. The molecule has 3 aromatic rings. The second-order valence-electron chi connectivity index (χ2n) is 5.75. The molecule has 9 heteroatoms. The van der Waals surface area contributed by atoms with Gasteiger partial charge in [-0.1, -0.05) is 28.5 Å². The molecule has 0 aliphatic rings. The molecule has 1 aromatic carbocycles. The molecule has 1 unspecified atom stereocenters. The second kappa shape index (κ2) is 8.11. The molecule has 1 atom stereocenters. The number of amides is 1. The topological polar surface area (TPSA) is 82.2 Å². The van der Waals surface area contributed by atoms with Crippen molar-refractivity contribution in [2.75, 3.05) is 19.0 Å². The normalized spacial score (nSPS) is 12.5. The van der Waals surface area contributed by atoms with Gasteiger partial charge in [-0.05, 0) is 32.0 Å². The number of rotatable bonds is 7. The maximum atomic E-state index is 12.4. The van der Waals surface area contributed by atoms with Crippen molar-refractivity contribution in [1.29, 1.82) is 0 Å². The fraction of sp³-hybridized carbons (Fsp3) is 0.353. The number of hydrogen-bond acceptors (Lipinski definition) is 6. The van der Waals surface area contributed by atoms with Gasteiger partial charge >= 0.3 is 0 Å². The summed E-state index contributed by atoms with van der Waals surface area (Å²) in [5, 5.41) is 7.45. The van der Waals surface area contributed by atoms with Crippen molar-refractivity contribution in [2.45, 2.75) is 30.8 Å². The van der Waals surface area contributed by atoms with Crippen LogP contribution in [-0.2, 0) is 16.1 Å². The van der Waals surface area contributed by atoms with Crippen LogP contribution in [0.1, 0.15) is 12.6 Å². The van der Waals surface area contributed by atoms with E-state index in [2.05, 4.69) is 15.5 Å². The van der Waals surface area contributed by atoms with Crippen LogP contribution in [0.4, 0.5) is 5.88 Å². The van der Waals surface area contributed by atoms with Crippen LogP contribution in [0.2, 0.25) is 5.02 Å². The molecule has 0 fully saturated rings. The molecule has 0 bridgehead atoms. The van der Waals surface area contributed by atoms with Gasteiger partial charge in [-0.2, -0.15) is 0 Å². The summed E-state index contributed by atoms with van der Waals surface area (Å²) in [7, 11) is 1.65. The molecule has 0 radical (unpaired) electrons. The van der Waals surface area contributed by atoms with E-state index >= 15 is 0 Å². The summed E-state index contributed by atoms with van der Waals surface area (Å²) in [5.74, 6) is 0.147. The maximum Gasteiger partial charge on any atom is 0.240 e. The highest BCUT2D eigenvalue weighted by Crippen LogP contribution is 2.29. The summed E-state index contributed by atoms with van der Waals surface area (Å²) in [6.45, 7) is 4.78. The van der Waals surface area contributed by atoms with E-state index in [4.69, 9.17) is 20.9 Å². The number of halogens is 1. The highest BCUT2D eigenvalue weighted by atomic mass is 35.5. The summed E-state index contributed by atoms with van der Waals surface area (Å²) in [4.78, 5) is 17.0. The minimum Gasteiger partial charge on any atom is -0.383 e. The van der Waals surface area contributed by atoms with Gasteiger partial charge in [0.15, 0.2) is 5.16 Å². The number of aryl methyl sites for hydroxylation is 1. The van der Waals surface area contributed by atoms with Gasteiger partial charge in [-0.25, -0.2) is 4.98 Å². The van der Waals surface area contributed by atoms with Crippen molar-refractivity contribution < 1.29 is 14.1 Å². The second-order valence-corrected chi connectivity index (χ2v) is 7.50. The molecule has 0 saturated heterocycles. The largest absolute Gasteiger partial charge is 0.383 e. The van der Waals surface area contributed by atoms with Crippen molar-refractivity contribution in [3.05, 3.63) is 35.0 Å². The lowest BCUT2D eigenvalue weighted by Gasteiger charge is -2.12. The number of nitrogens with one attached hydrogen (secondary N) is 1. The third-order valence-corrected chi connectivity index (χ3v) is 5.05. The number of thioether (sulfide) groups is 1. The first-order chi connectivity index (χ1) is 12.5. The number of benzene rings is 1. The van der Waals surface area contributed by atoms with E-state index < -0.39 is 0 Å². The first kappa shape index (κ1) is 18.8. The predicted molar refractivity (Wildman–Crippen MR) is 102 cm³/mol. The highest BCUT2D eigenvalue weighted by molar-refractivity contribution is 8.00. The molecule has 1 amide bonds. The van der Waals surface area contributed by atoms with Gasteiger partial charge in [0.2, 0.25) is 11.8 Å². The Labute approximate surface area is 160 Å². The zero-order chi connectivity index (χ0) is 18.7. The average molecular weight is 395 g/mol. The number of hydrogen-bond donors (Lipinski definition) is 1. The number of fused-ring (bicyclic) bond motifs is 1. The first-order valence-electron chi connectivity index (χ1n) is 8.03. The van der Waals surface area contributed by atoms with Crippen molar-refractivity contribution in [3.63, 3.8) is 0 Å². The Kier molecular flexibility index (Phi) is 5.85. The van der Waals surface area contributed by atoms with Gasteiger partial charge in [0.1, 0.15) is 0 Å². The van der Waals surface area contributed by atoms with E-state index in [1.165, 1.54) is 11.8 Å². The molecule has 2 heterocycles. The molecule has 7 nitrogen and oxygen atoms in total. The van der Waals surface area contributed by atoms with Crippen LogP contribution in [0, 0.1) is 6.92 Å². The zero-order valence-corrected chi connectivity index (χ0v) is 16.2. The van der Waals surface area contributed by atoms with Gasteiger partial charge in [0.05, 0.1) is 28.6 Å². The molecule has 138 valence electrons. The van der Waals surface area contributed by atoms with Crippen LogP contribution in [0.25, 0.3) is 11.0 Å². The molecule has 0 aliphatic heterocycles. The summed E-state index contributed by atoms with van der Waals surface area (Å²) in [5.41, 5.74) is 2.45. The molecule has 0 aliphatic carbocycles. The van der Waals surface area contributed by atoms with Crippen LogP contribution in [0.5, 0.6) is 0 Å². The van der Waals surface area contributed by atoms with Crippen LogP contribution in [0.15, 0.2) is 33.9 Å². The number of methoxy groups -OCH3 is 1. The van der Waals surface area contributed by atoms with E-state index in [-0.39, 0.29) is 11.2 Å². The van der Waals surface area contributed by atoms with Gasteiger partial charge in [0, 0.05) is 24.7 Å². The van der Waals surface area contributed by atoms with Crippen LogP contribution < -0.4 is 5.32 Å². The zero-order valence-electron chi connectivity index (χ0n) is 14.7. The number of imidazole rings is 1. The number of anilines is 1. The van der Waals surface area contributed by atoms with Crippen LogP contribution >= 0.6 is 23.4 Å².